The standard InChI is InChI=1S/C13H18F2N2O3/c1-7(2)17-11(12(16)18)8-4-5-9(19-3)10(6-8)20-13(14)15/h4-7,11,13,17H,1-3H3,(H2,16,18). The van der Waals surface area contributed by atoms with Gasteiger partial charge in [-0.15, -0.1) is 0 Å². The molecule has 0 bridgehead atoms. The smallest absolute Gasteiger partial charge is 0.387 e. The van der Waals surface area contributed by atoms with E-state index in [1.165, 1.54) is 19.2 Å². The molecule has 0 fully saturated rings. The Kier molecular flexibility index (Phi) is 5.69. The maximum atomic E-state index is 12.4. The zero-order valence-corrected chi connectivity index (χ0v) is 11.5. The van der Waals surface area contributed by atoms with Crippen LogP contribution in [-0.2, 0) is 4.79 Å². The van der Waals surface area contributed by atoms with E-state index in [0.717, 1.165) is 0 Å². The second-order valence-corrected chi connectivity index (χ2v) is 4.45. The zero-order valence-electron chi connectivity index (χ0n) is 11.5. The van der Waals surface area contributed by atoms with Gasteiger partial charge in [0.1, 0.15) is 6.04 Å². The van der Waals surface area contributed by atoms with Gasteiger partial charge in [0, 0.05) is 6.04 Å². The molecule has 1 unspecified atom stereocenters. The molecule has 0 heterocycles. The van der Waals surface area contributed by atoms with E-state index in [1.54, 1.807) is 6.07 Å². The lowest BCUT2D eigenvalue weighted by Gasteiger charge is -2.20. The highest BCUT2D eigenvalue weighted by Gasteiger charge is 2.21. The molecular weight excluding hydrogens is 270 g/mol. The summed E-state index contributed by atoms with van der Waals surface area (Å²) in [6, 6.07) is 3.54. The largest absolute Gasteiger partial charge is 0.493 e. The number of alkyl halides is 2. The molecule has 5 nitrogen and oxygen atoms in total. The Balaban J connectivity index is 3.13. The van der Waals surface area contributed by atoms with Crippen LogP contribution in [0.5, 0.6) is 11.5 Å². The van der Waals surface area contributed by atoms with Gasteiger partial charge >= 0.3 is 6.61 Å². The second-order valence-electron chi connectivity index (χ2n) is 4.45. The summed E-state index contributed by atoms with van der Waals surface area (Å²) in [6.07, 6.45) is 0. The molecule has 1 amide bonds. The van der Waals surface area contributed by atoms with Crippen molar-refractivity contribution >= 4 is 5.91 Å². The van der Waals surface area contributed by atoms with E-state index in [2.05, 4.69) is 10.1 Å². The first-order valence-electron chi connectivity index (χ1n) is 6.03. The zero-order chi connectivity index (χ0) is 15.3. The molecule has 1 atom stereocenters. The van der Waals surface area contributed by atoms with Crippen molar-refractivity contribution in [3.63, 3.8) is 0 Å². The summed E-state index contributed by atoms with van der Waals surface area (Å²) >= 11 is 0. The van der Waals surface area contributed by atoms with Crippen LogP contribution in [0.25, 0.3) is 0 Å². The summed E-state index contributed by atoms with van der Waals surface area (Å²) in [5.74, 6) is -0.592. The van der Waals surface area contributed by atoms with Crippen LogP contribution >= 0.6 is 0 Å². The van der Waals surface area contributed by atoms with E-state index < -0.39 is 18.6 Å². The monoisotopic (exact) mass is 288 g/mol. The Morgan fingerprint density at radius 3 is 2.40 bits per heavy atom. The number of hydrogen-bond donors (Lipinski definition) is 2. The number of hydrogen-bond acceptors (Lipinski definition) is 4. The fraction of sp³-hybridized carbons (Fsp3) is 0.462. The average molecular weight is 288 g/mol. The number of carbonyl (C=O) groups is 1. The van der Waals surface area contributed by atoms with Gasteiger partial charge in [-0.2, -0.15) is 8.78 Å². The molecule has 0 saturated heterocycles. The van der Waals surface area contributed by atoms with Gasteiger partial charge in [0.2, 0.25) is 5.91 Å². The van der Waals surface area contributed by atoms with Crippen molar-refractivity contribution in [2.45, 2.75) is 32.5 Å². The van der Waals surface area contributed by atoms with Crippen molar-refractivity contribution in [2.75, 3.05) is 7.11 Å². The predicted molar refractivity (Wildman–Crippen MR) is 69.8 cm³/mol. The first-order valence-corrected chi connectivity index (χ1v) is 6.03. The van der Waals surface area contributed by atoms with Gasteiger partial charge < -0.3 is 15.2 Å². The number of carbonyl (C=O) groups excluding carboxylic acids is 1. The third-order valence-corrected chi connectivity index (χ3v) is 2.52. The lowest BCUT2D eigenvalue weighted by Crippen LogP contribution is -2.37. The lowest BCUT2D eigenvalue weighted by molar-refractivity contribution is -0.120. The van der Waals surface area contributed by atoms with Gasteiger partial charge in [-0.25, -0.2) is 0 Å². The highest BCUT2D eigenvalue weighted by molar-refractivity contribution is 5.81. The third kappa shape index (κ3) is 4.34. The predicted octanol–water partition coefficient (Wildman–Crippen LogP) is 1.82. The molecule has 0 aliphatic carbocycles. The summed E-state index contributed by atoms with van der Waals surface area (Å²) in [7, 11) is 1.34. The summed E-state index contributed by atoms with van der Waals surface area (Å²) in [5, 5.41) is 2.96. The Morgan fingerprint density at radius 2 is 1.95 bits per heavy atom. The van der Waals surface area contributed by atoms with Gasteiger partial charge in [-0.05, 0) is 31.5 Å². The number of rotatable bonds is 7. The Hall–Kier alpha value is -1.89. The minimum absolute atomic E-state index is 0.00549. The summed E-state index contributed by atoms with van der Waals surface area (Å²) in [6.45, 7) is 0.704. The van der Waals surface area contributed by atoms with Crippen molar-refractivity contribution in [1.82, 2.24) is 5.32 Å². The Bertz CT molecular complexity index is 467. The molecule has 20 heavy (non-hydrogen) atoms. The number of methoxy groups -OCH3 is 1. The van der Waals surface area contributed by atoms with Gasteiger partial charge in [0.15, 0.2) is 11.5 Å². The van der Waals surface area contributed by atoms with Crippen molar-refractivity contribution in [3.05, 3.63) is 23.8 Å². The van der Waals surface area contributed by atoms with Crippen LogP contribution in [0.2, 0.25) is 0 Å². The van der Waals surface area contributed by atoms with Gasteiger partial charge in [-0.1, -0.05) is 6.07 Å². The van der Waals surface area contributed by atoms with Crippen molar-refractivity contribution in [3.8, 4) is 11.5 Å². The van der Waals surface area contributed by atoms with Crippen molar-refractivity contribution in [1.29, 1.82) is 0 Å². The third-order valence-electron chi connectivity index (χ3n) is 2.52. The van der Waals surface area contributed by atoms with Crippen molar-refractivity contribution < 1.29 is 23.0 Å². The minimum Gasteiger partial charge on any atom is -0.493 e. The number of benzene rings is 1. The van der Waals surface area contributed by atoms with Crippen molar-refractivity contribution in [2.24, 2.45) is 5.73 Å². The molecule has 3 N–H and O–H groups in total. The second kappa shape index (κ2) is 7.04. The molecule has 112 valence electrons. The molecule has 0 radical (unpaired) electrons. The quantitative estimate of drug-likeness (QED) is 0.802. The van der Waals surface area contributed by atoms with Gasteiger partial charge in [-0.3, -0.25) is 10.1 Å². The number of nitrogens with two attached hydrogens (primary N) is 1. The summed E-state index contributed by atoms with van der Waals surface area (Å²) in [4.78, 5) is 11.5. The van der Waals surface area contributed by atoms with Crippen LogP contribution in [0.4, 0.5) is 8.78 Å². The number of halogens is 2. The van der Waals surface area contributed by atoms with Crippen LogP contribution in [0.1, 0.15) is 25.5 Å². The van der Waals surface area contributed by atoms with E-state index in [1.807, 2.05) is 13.8 Å². The van der Waals surface area contributed by atoms with E-state index in [9.17, 15) is 13.6 Å². The molecule has 1 aromatic carbocycles. The van der Waals surface area contributed by atoms with Crippen LogP contribution in [0.15, 0.2) is 18.2 Å². The topological polar surface area (TPSA) is 73.6 Å². The fourth-order valence-electron chi connectivity index (χ4n) is 1.74. The van der Waals surface area contributed by atoms with Gasteiger partial charge in [0.25, 0.3) is 0 Å². The maximum Gasteiger partial charge on any atom is 0.387 e. The molecule has 7 heteroatoms. The Morgan fingerprint density at radius 1 is 1.30 bits per heavy atom. The van der Waals surface area contributed by atoms with Gasteiger partial charge in [0.05, 0.1) is 7.11 Å². The molecular formula is C13H18F2N2O3. The lowest BCUT2D eigenvalue weighted by atomic mass is 10.0. The normalized spacial score (nSPS) is 12.6. The fourth-order valence-corrected chi connectivity index (χ4v) is 1.74. The van der Waals surface area contributed by atoms with Crippen LogP contribution in [0.3, 0.4) is 0 Å². The maximum absolute atomic E-state index is 12.4. The highest BCUT2D eigenvalue weighted by atomic mass is 19.3. The molecule has 0 saturated carbocycles. The first kappa shape index (κ1) is 16.2. The number of ether oxygens (including phenoxy) is 2. The summed E-state index contributed by atoms with van der Waals surface area (Å²) in [5.41, 5.74) is 5.75. The average Bonchev–Trinajstić information content (AvgIpc) is 2.34. The van der Waals surface area contributed by atoms with E-state index in [-0.39, 0.29) is 17.5 Å². The Labute approximate surface area is 116 Å². The number of nitrogens with one attached hydrogen (secondary N) is 1. The molecule has 1 aromatic rings. The number of amides is 1. The van der Waals surface area contributed by atoms with Crippen LogP contribution in [-0.4, -0.2) is 25.7 Å². The molecule has 1 rings (SSSR count). The molecule has 0 aliphatic heterocycles. The van der Waals surface area contributed by atoms with Crippen LogP contribution in [0, 0.1) is 0 Å². The molecule has 0 aromatic heterocycles. The van der Waals surface area contributed by atoms with Crippen LogP contribution < -0.4 is 20.5 Å². The minimum atomic E-state index is -2.98. The van der Waals surface area contributed by atoms with E-state index >= 15 is 0 Å². The molecule has 0 spiro atoms. The SMILES string of the molecule is COc1ccc(C(NC(C)C)C(N)=O)cc1OC(F)F. The highest BCUT2D eigenvalue weighted by Crippen LogP contribution is 2.31. The summed E-state index contributed by atoms with van der Waals surface area (Å²) < 4.78 is 34.0. The number of primary amides is 1. The van der Waals surface area contributed by atoms with E-state index in [4.69, 9.17) is 10.5 Å². The van der Waals surface area contributed by atoms with E-state index in [0.29, 0.717) is 5.56 Å². The molecule has 0 aliphatic rings. The first-order chi connectivity index (χ1) is 9.35.